The molecule has 0 aromatic carbocycles. The molecule has 4 heteroatoms. The SMILES string of the molecule is CC(=O)[O-].N#[N+]C1CC1. The third-order valence-electron chi connectivity index (χ3n) is 0.710. The van der Waals surface area contributed by atoms with Gasteiger partial charge in [0, 0.05) is 18.8 Å². The fourth-order valence-electron chi connectivity index (χ4n) is 0.190. The highest BCUT2D eigenvalue weighted by atomic mass is 16.4. The van der Waals surface area contributed by atoms with Gasteiger partial charge >= 0.3 is 6.04 Å². The predicted molar refractivity (Wildman–Crippen MR) is 28.8 cm³/mol. The third kappa shape index (κ3) is 10.9. The minimum atomic E-state index is -1.08. The van der Waals surface area contributed by atoms with E-state index in [9.17, 15) is 0 Å². The van der Waals surface area contributed by atoms with Gasteiger partial charge in [0.1, 0.15) is 4.98 Å². The number of diazo groups is 1. The van der Waals surface area contributed by atoms with Crippen LogP contribution in [0.2, 0.25) is 0 Å². The molecule has 0 heterocycles. The Bertz CT molecular complexity index is 130. The Morgan fingerprint density at radius 2 is 2.11 bits per heavy atom. The maximum Gasteiger partial charge on any atom is 0.314 e. The Morgan fingerprint density at radius 3 is 2.11 bits per heavy atom. The minimum absolute atomic E-state index is 0.315. The van der Waals surface area contributed by atoms with Gasteiger partial charge in [-0.1, -0.05) is 0 Å². The molecular formula is C5H8N2O2. The second kappa shape index (κ2) is 3.84. The van der Waals surface area contributed by atoms with Gasteiger partial charge in [-0.25, -0.2) is 0 Å². The lowest BCUT2D eigenvalue weighted by Crippen LogP contribution is -2.16. The largest absolute Gasteiger partial charge is 0.550 e. The van der Waals surface area contributed by atoms with Crippen LogP contribution in [-0.4, -0.2) is 12.0 Å². The predicted octanol–water partition coefficient (Wildman–Crippen LogP) is -0.242. The summed E-state index contributed by atoms with van der Waals surface area (Å²) in [5.41, 5.74) is 0. The number of hydrogen-bond acceptors (Lipinski definition) is 3. The first kappa shape index (κ1) is 7.89. The molecule has 1 rings (SSSR count). The van der Waals surface area contributed by atoms with Crippen molar-refractivity contribution in [2.75, 3.05) is 0 Å². The van der Waals surface area contributed by atoms with E-state index >= 15 is 0 Å². The first-order chi connectivity index (χ1) is 4.16. The summed E-state index contributed by atoms with van der Waals surface area (Å²) in [6, 6.07) is 0.315. The number of carboxylic acids is 1. The molecule has 0 aliphatic heterocycles. The molecule has 0 radical (unpaired) electrons. The van der Waals surface area contributed by atoms with Gasteiger partial charge in [0.25, 0.3) is 0 Å². The lowest BCUT2D eigenvalue weighted by molar-refractivity contribution is -0.302. The molecule has 1 fully saturated rings. The number of carbonyl (C=O) groups excluding carboxylic acids is 1. The molecule has 0 atom stereocenters. The quantitative estimate of drug-likeness (QED) is 0.423. The standard InChI is InChI=1S/C3H5N2.C2H4O2/c4-5-3-1-2-3;1-2(3)4/h3H,1-2H2;1H3,(H,3,4)/q+1;/p-1. The summed E-state index contributed by atoms with van der Waals surface area (Å²) in [4.78, 5) is 11.9. The van der Waals surface area contributed by atoms with Gasteiger partial charge in [-0.3, -0.25) is 0 Å². The zero-order valence-electron chi connectivity index (χ0n) is 5.20. The molecule has 0 aromatic heterocycles. The van der Waals surface area contributed by atoms with Crippen LogP contribution in [0.5, 0.6) is 0 Å². The van der Waals surface area contributed by atoms with Gasteiger partial charge < -0.3 is 9.90 Å². The van der Waals surface area contributed by atoms with Gasteiger partial charge in [-0.05, 0) is 6.92 Å². The van der Waals surface area contributed by atoms with Crippen LogP contribution in [0.25, 0.3) is 4.98 Å². The highest BCUT2D eigenvalue weighted by Crippen LogP contribution is 2.22. The summed E-state index contributed by atoms with van der Waals surface area (Å²) in [7, 11) is 0. The molecule has 0 unspecified atom stereocenters. The maximum absolute atomic E-state index is 8.89. The van der Waals surface area contributed by atoms with Crippen molar-refractivity contribution in [3.05, 3.63) is 4.98 Å². The fourth-order valence-corrected chi connectivity index (χ4v) is 0.190. The molecule has 1 aliphatic rings. The minimum Gasteiger partial charge on any atom is -0.550 e. The van der Waals surface area contributed by atoms with Crippen LogP contribution in [0.1, 0.15) is 19.8 Å². The van der Waals surface area contributed by atoms with Crippen molar-refractivity contribution in [1.29, 1.82) is 5.39 Å². The Labute approximate surface area is 53.1 Å². The molecule has 0 bridgehead atoms. The summed E-state index contributed by atoms with van der Waals surface area (Å²) < 4.78 is 0. The van der Waals surface area contributed by atoms with E-state index < -0.39 is 5.97 Å². The second-order valence-corrected chi connectivity index (χ2v) is 1.84. The lowest BCUT2D eigenvalue weighted by Gasteiger charge is -1.77. The number of nitrogens with zero attached hydrogens (tertiary/aromatic N) is 2. The summed E-state index contributed by atoms with van der Waals surface area (Å²) in [6.45, 7) is 0.972. The van der Waals surface area contributed by atoms with Crippen molar-refractivity contribution >= 4 is 5.97 Å². The number of hydrogen-bond donors (Lipinski definition) is 0. The van der Waals surface area contributed by atoms with E-state index in [4.69, 9.17) is 15.3 Å². The van der Waals surface area contributed by atoms with Crippen molar-refractivity contribution in [2.24, 2.45) is 0 Å². The average Bonchev–Trinajstić information content (AvgIpc) is 2.43. The monoisotopic (exact) mass is 128 g/mol. The zero-order valence-corrected chi connectivity index (χ0v) is 5.20. The summed E-state index contributed by atoms with van der Waals surface area (Å²) in [6.07, 6.45) is 2.19. The van der Waals surface area contributed by atoms with E-state index in [1.807, 2.05) is 0 Å². The lowest BCUT2D eigenvalue weighted by atomic mass is 10.8. The van der Waals surface area contributed by atoms with Gasteiger partial charge in [-0.15, -0.1) is 0 Å². The third-order valence-corrected chi connectivity index (χ3v) is 0.710. The van der Waals surface area contributed by atoms with E-state index in [1.165, 1.54) is 0 Å². The van der Waals surface area contributed by atoms with Gasteiger partial charge in [0.15, 0.2) is 0 Å². The van der Waals surface area contributed by atoms with Crippen LogP contribution >= 0.6 is 0 Å². The Balaban J connectivity index is 0.000000148. The molecule has 0 spiro atoms. The van der Waals surface area contributed by atoms with Crippen LogP contribution in [0.3, 0.4) is 0 Å². The van der Waals surface area contributed by atoms with Crippen molar-refractivity contribution in [1.82, 2.24) is 0 Å². The summed E-state index contributed by atoms with van der Waals surface area (Å²) in [5, 5.41) is 16.7. The molecule has 9 heavy (non-hydrogen) atoms. The number of carbonyl (C=O) groups is 1. The van der Waals surface area contributed by atoms with E-state index in [0.29, 0.717) is 6.04 Å². The van der Waals surface area contributed by atoms with E-state index in [1.54, 1.807) is 0 Å². The topological polar surface area (TPSA) is 68.3 Å². The number of carboxylic acid groups (broad SMARTS) is 1. The van der Waals surface area contributed by atoms with Crippen LogP contribution in [0.15, 0.2) is 0 Å². The highest BCUT2D eigenvalue weighted by Gasteiger charge is 2.34. The Morgan fingerprint density at radius 1 is 1.78 bits per heavy atom. The van der Waals surface area contributed by atoms with E-state index in [-0.39, 0.29) is 0 Å². The highest BCUT2D eigenvalue weighted by molar-refractivity contribution is 5.60. The maximum atomic E-state index is 8.89. The smallest absolute Gasteiger partial charge is 0.314 e. The van der Waals surface area contributed by atoms with Gasteiger partial charge in [-0.2, -0.15) is 0 Å². The molecule has 0 saturated heterocycles. The molecular weight excluding hydrogens is 120 g/mol. The van der Waals surface area contributed by atoms with E-state index in [0.717, 1.165) is 19.8 Å². The first-order valence-electron chi connectivity index (χ1n) is 2.68. The molecule has 0 amide bonds. The van der Waals surface area contributed by atoms with Gasteiger partial charge in [0.05, 0.1) is 0 Å². The molecule has 0 aromatic rings. The van der Waals surface area contributed by atoms with Crippen molar-refractivity contribution in [3.8, 4) is 0 Å². The summed E-state index contributed by atoms with van der Waals surface area (Å²) >= 11 is 0. The van der Waals surface area contributed by atoms with Crippen molar-refractivity contribution in [2.45, 2.75) is 25.8 Å². The van der Waals surface area contributed by atoms with Crippen LogP contribution in [0.4, 0.5) is 0 Å². The second-order valence-electron chi connectivity index (χ2n) is 1.84. The molecule has 0 N–H and O–H groups in total. The Hall–Kier alpha value is -1.11. The number of aliphatic carboxylic acids is 1. The molecule has 4 nitrogen and oxygen atoms in total. The first-order valence-corrected chi connectivity index (χ1v) is 2.68. The number of rotatable bonds is 0. The van der Waals surface area contributed by atoms with Crippen molar-refractivity contribution < 1.29 is 9.90 Å². The average molecular weight is 128 g/mol. The van der Waals surface area contributed by atoms with Crippen molar-refractivity contribution in [3.63, 3.8) is 0 Å². The van der Waals surface area contributed by atoms with Crippen LogP contribution < -0.4 is 5.11 Å². The van der Waals surface area contributed by atoms with Gasteiger partial charge in [0.2, 0.25) is 5.39 Å². The fraction of sp³-hybridized carbons (Fsp3) is 0.800. The Kier molecular flexibility index (Phi) is 3.37. The normalized spacial score (nSPS) is 14.7. The molecule has 1 saturated carbocycles. The van der Waals surface area contributed by atoms with Crippen LogP contribution in [-0.2, 0) is 4.79 Å². The van der Waals surface area contributed by atoms with Crippen LogP contribution in [0, 0.1) is 5.39 Å². The zero-order chi connectivity index (χ0) is 7.28. The van der Waals surface area contributed by atoms with E-state index in [2.05, 4.69) is 4.98 Å². The summed E-state index contributed by atoms with van der Waals surface area (Å²) in [5.74, 6) is -1.08. The molecule has 50 valence electrons. The molecule has 1 aliphatic carbocycles.